The van der Waals surface area contributed by atoms with Gasteiger partial charge in [0.15, 0.2) is 0 Å². The van der Waals surface area contributed by atoms with E-state index in [1.807, 2.05) is 0 Å². The maximum atomic E-state index is 13.7. The van der Waals surface area contributed by atoms with Gasteiger partial charge in [0.25, 0.3) is 0 Å². The number of hydrogen-bond donors (Lipinski definition) is 0. The lowest BCUT2D eigenvalue weighted by molar-refractivity contribution is -0.135. The summed E-state index contributed by atoms with van der Waals surface area (Å²) in [6.45, 7) is 0. The Hall–Kier alpha value is -2.41. The summed E-state index contributed by atoms with van der Waals surface area (Å²) in [4.78, 5) is 16.6. The molecule has 0 radical (unpaired) electrons. The van der Waals surface area contributed by atoms with Crippen LogP contribution in [0.25, 0.3) is 32.8 Å². The second-order valence-corrected chi connectivity index (χ2v) is 6.08. The van der Waals surface area contributed by atoms with Gasteiger partial charge < -0.3 is 4.42 Å². The summed E-state index contributed by atoms with van der Waals surface area (Å²) in [6.07, 6.45) is -4.72. The zero-order valence-electron chi connectivity index (χ0n) is 11.8. The SMILES string of the molecule is O=c1oc2ccccc2c2nc3c(Br)cccc3c(C(F)(F)F)c12. The van der Waals surface area contributed by atoms with Crippen molar-refractivity contribution >= 4 is 48.7 Å². The molecule has 2 aromatic carbocycles. The number of benzene rings is 2. The van der Waals surface area contributed by atoms with Crippen LogP contribution < -0.4 is 5.63 Å². The molecule has 24 heavy (non-hydrogen) atoms. The number of fused-ring (bicyclic) bond motifs is 4. The van der Waals surface area contributed by atoms with Crippen molar-refractivity contribution in [3.8, 4) is 0 Å². The molecule has 0 amide bonds. The third kappa shape index (κ3) is 2.11. The molecule has 0 aliphatic rings. The number of nitrogens with zero attached hydrogens (tertiary/aromatic N) is 1. The Morgan fingerprint density at radius 3 is 2.42 bits per heavy atom. The quantitative estimate of drug-likeness (QED) is 0.232. The van der Waals surface area contributed by atoms with Crippen LogP contribution in [0.5, 0.6) is 0 Å². The molecule has 0 saturated heterocycles. The summed E-state index contributed by atoms with van der Waals surface area (Å²) in [5, 5.41) is -0.339. The first kappa shape index (κ1) is 15.1. The topological polar surface area (TPSA) is 43.1 Å². The van der Waals surface area contributed by atoms with E-state index in [-0.39, 0.29) is 22.0 Å². The maximum Gasteiger partial charge on any atom is 0.417 e. The van der Waals surface area contributed by atoms with Gasteiger partial charge in [-0.15, -0.1) is 0 Å². The smallest absolute Gasteiger partial charge is 0.417 e. The molecule has 2 heterocycles. The molecule has 0 saturated carbocycles. The molecule has 4 aromatic rings. The minimum absolute atomic E-state index is 0.0198. The number of rotatable bonds is 0. The fraction of sp³-hybridized carbons (Fsp3) is 0.0588. The molecule has 4 rings (SSSR count). The monoisotopic (exact) mass is 393 g/mol. The third-order valence-corrected chi connectivity index (χ3v) is 4.44. The van der Waals surface area contributed by atoms with E-state index in [1.165, 1.54) is 18.2 Å². The molecule has 0 fully saturated rings. The predicted molar refractivity (Wildman–Crippen MR) is 88.0 cm³/mol. The number of hydrogen-bond acceptors (Lipinski definition) is 3. The van der Waals surface area contributed by atoms with E-state index in [4.69, 9.17) is 4.42 Å². The zero-order valence-corrected chi connectivity index (χ0v) is 13.4. The number of aromatic nitrogens is 1. The molecule has 0 N–H and O–H groups in total. The Morgan fingerprint density at radius 1 is 0.958 bits per heavy atom. The molecular formula is C17H7BrF3NO2. The standard InChI is InChI=1S/C17H7BrF3NO2/c18-10-6-3-5-9-13(17(19,20)21)12-15(22-14(9)10)8-4-1-2-7-11(8)24-16(12)23/h1-7H. The molecule has 7 heteroatoms. The Balaban J connectivity index is 2.42. The highest BCUT2D eigenvalue weighted by Gasteiger charge is 2.37. The van der Waals surface area contributed by atoms with Gasteiger partial charge in [0.05, 0.1) is 22.0 Å². The fourth-order valence-corrected chi connectivity index (χ4v) is 3.30. The molecule has 0 aliphatic carbocycles. The minimum Gasteiger partial charge on any atom is -0.422 e. The number of alkyl halides is 3. The van der Waals surface area contributed by atoms with Crippen LogP contribution in [0.2, 0.25) is 0 Å². The first-order valence-electron chi connectivity index (χ1n) is 6.89. The third-order valence-electron chi connectivity index (χ3n) is 3.80. The van der Waals surface area contributed by atoms with Crippen molar-refractivity contribution in [3.05, 3.63) is 62.9 Å². The second kappa shape index (κ2) is 5.04. The Morgan fingerprint density at radius 2 is 1.67 bits per heavy atom. The van der Waals surface area contributed by atoms with Crippen LogP contribution in [0, 0.1) is 0 Å². The highest BCUT2D eigenvalue weighted by Crippen LogP contribution is 2.40. The lowest BCUT2D eigenvalue weighted by Gasteiger charge is -2.14. The summed E-state index contributed by atoms with van der Waals surface area (Å²) in [5.74, 6) is 0. The summed E-state index contributed by atoms with van der Waals surface area (Å²) in [5.41, 5.74) is -1.75. The lowest BCUT2D eigenvalue weighted by Crippen LogP contribution is -2.14. The van der Waals surface area contributed by atoms with Crippen molar-refractivity contribution in [1.82, 2.24) is 4.98 Å². The van der Waals surface area contributed by atoms with Gasteiger partial charge in [0.2, 0.25) is 0 Å². The van der Waals surface area contributed by atoms with Crippen LogP contribution >= 0.6 is 15.9 Å². The second-order valence-electron chi connectivity index (χ2n) is 5.23. The van der Waals surface area contributed by atoms with Crippen LogP contribution in [0.15, 0.2) is 56.1 Å². The summed E-state index contributed by atoms with van der Waals surface area (Å²) >= 11 is 3.23. The molecule has 3 nitrogen and oxygen atoms in total. The molecule has 120 valence electrons. The lowest BCUT2D eigenvalue weighted by atomic mass is 10.0. The highest BCUT2D eigenvalue weighted by atomic mass is 79.9. The van der Waals surface area contributed by atoms with Crippen molar-refractivity contribution in [1.29, 1.82) is 0 Å². The van der Waals surface area contributed by atoms with Crippen molar-refractivity contribution in [3.63, 3.8) is 0 Å². The largest absolute Gasteiger partial charge is 0.422 e. The average molecular weight is 394 g/mol. The molecule has 0 spiro atoms. The van der Waals surface area contributed by atoms with E-state index in [0.29, 0.717) is 9.86 Å². The van der Waals surface area contributed by atoms with E-state index in [0.717, 1.165) is 0 Å². The van der Waals surface area contributed by atoms with Gasteiger partial charge in [-0.3, -0.25) is 0 Å². The van der Waals surface area contributed by atoms with Gasteiger partial charge in [-0.1, -0.05) is 24.3 Å². The number of para-hydroxylation sites is 2. The number of halogens is 4. The van der Waals surface area contributed by atoms with Crippen LogP contribution in [0.3, 0.4) is 0 Å². The van der Waals surface area contributed by atoms with Crippen molar-refractivity contribution in [2.24, 2.45) is 0 Å². The van der Waals surface area contributed by atoms with E-state index < -0.39 is 22.8 Å². The molecule has 2 aromatic heterocycles. The predicted octanol–water partition coefficient (Wildman–Crippen LogP) is 5.28. The van der Waals surface area contributed by atoms with Gasteiger partial charge in [0.1, 0.15) is 5.58 Å². The zero-order chi connectivity index (χ0) is 17.1. The summed E-state index contributed by atoms with van der Waals surface area (Å²) < 4.78 is 46.7. The Bertz CT molecular complexity index is 1180. The van der Waals surface area contributed by atoms with E-state index >= 15 is 0 Å². The summed E-state index contributed by atoms with van der Waals surface area (Å²) in [7, 11) is 0. The Labute approximate surface area is 140 Å². The van der Waals surface area contributed by atoms with Gasteiger partial charge in [-0.2, -0.15) is 13.2 Å². The van der Waals surface area contributed by atoms with Crippen molar-refractivity contribution < 1.29 is 17.6 Å². The van der Waals surface area contributed by atoms with Crippen molar-refractivity contribution in [2.75, 3.05) is 0 Å². The van der Waals surface area contributed by atoms with Gasteiger partial charge >= 0.3 is 11.8 Å². The fourth-order valence-electron chi connectivity index (χ4n) is 2.84. The minimum atomic E-state index is -4.72. The molecule has 0 bridgehead atoms. The maximum absolute atomic E-state index is 13.7. The molecule has 0 unspecified atom stereocenters. The highest BCUT2D eigenvalue weighted by molar-refractivity contribution is 9.10. The van der Waals surface area contributed by atoms with Crippen molar-refractivity contribution in [2.45, 2.75) is 6.18 Å². The number of pyridine rings is 1. The normalized spacial score (nSPS) is 12.3. The van der Waals surface area contributed by atoms with Gasteiger partial charge in [-0.05, 0) is 34.1 Å². The van der Waals surface area contributed by atoms with Crippen LogP contribution in [0.1, 0.15) is 5.56 Å². The molecular weight excluding hydrogens is 387 g/mol. The van der Waals surface area contributed by atoms with Crippen LogP contribution in [-0.2, 0) is 6.18 Å². The van der Waals surface area contributed by atoms with Crippen LogP contribution in [0.4, 0.5) is 13.2 Å². The van der Waals surface area contributed by atoms with E-state index in [9.17, 15) is 18.0 Å². The first-order chi connectivity index (χ1) is 11.4. The van der Waals surface area contributed by atoms with E-state index in [2.05, 4.69) is 20.9 Å². The Kier molecular flexibility index (Phi) is 3.18. The molecule has 0 aliphatic heterocycles. The van der Waals surface area contributed by atoms with Crippen LogP contribution in [-0.4, -0.2) is 4.98 Å². The van der Waals surface area contributed by atoms with Gasteiger partial charge in [0, 0.05) is 15.2 Å². The first-order valence-corrected chi connectivity index (χ1v) is 7.68. The average Bonchev–Trinajstić information content (AvgIpc) is 2.53. The molecule has 0 atom stereocenters. The van der Waals surface area contributed by atoms with Gasteiger partial charge in [-0.25, -0.2) is 9.78 Å². The summed E-state index contributed by atoms with van der Waals surface area (Å²) in [6, 6.07) is 10.8. The van der Waals surface area contributed by atoms with E-state index in [1.54, 1.807) is 24.3 Å².